The number of phosphoric ester groups is 1. The smallest absolute Gasteiger partial charge is 0.302 e. The first-order valence-electron chi connectivity index (χ1n) is 4.11. The topological polar surface area (TPSA) is 160 Å². The molecule has 0 rings (SSSR count). The van der Waals surface area contributed by atoms with Crippen LogP contribution in [-0.2, 0) is 26.8 Å². The first-order chi connectivity index (χ1) is 7.33. The van der Waals surface area contributed by atoms with Gasteiger partial charge in [-0.2, -0.15) is 8.62 Å². The van der Waals surface area contributed by atoms with E-state index in [-0.39, 0.29) is 12.5 Å². The van der Waals surface area contributed by atoms with E-state index in [1.54, 1.807) is 13.8 Å². The lowest BCUT2D eigenvalue weighted by Gasteiger charge is -2.16. The van der Waals surface area contributed by atoms with Crippen molar-refractivity contribution in [1.82, 2.24) is 0 Å². The highest BCUT2D eigenvalue weighted by Gasteiger charge is 2.40. The van der Waals surface area contributed by atoms with Crippen LogP contribution in [0.4, 0.5) is 0 Å². The molecule has 13 heteroatoms. The Balaban J connectivity index is 4.54. The minimum Gasteiger partial charge on any atom is -0.302 e. The van der Waals surface area contributed by atoms with Crippen LogP contribution >= 0.6 is 23.5 Å². The molecule has 0 aliphatic heterocycles. The fourth-order valence-electron chi connectivity index (χ4n) is 0.547. The largest absolute Gasteiger partial charge is 0.490 e. The van der Waals surface area contributed by atoms with Crippen LogP contribution in [0.15, 0.2) is 0 Å². The highest BCUT2D eigenvalue weighted by molar-refractivity contribution is 7.66. The highest BCUT2D eigenvalue weighted by Crippen LogP contribution is 2.66. The molecule has 2 unspecified atom stereocenters. The predicted octanol–water partition coefficient (Wildman–Crippen LogP) is 0.986. The lowest BCUT2D eigenvalue weighted by molar-refractivity contribution is 0.159. The summed E-state index contributed by atoms with van der Waals surface area (Å²) >= 11 is 0. The Hall–Kier alpha value is 0.410. The van der Waals surface area contributed by atoms with Gasteiger partial charge in [-0.1, -0.05) is 13.8 Å². The third kappa shape index (κ3) is 10.1. The van der Waals surface area contributed by atoms with E-state index in [9.17, 15) is 13.7 Å². The molecule has 2 atom stereocenters. The van der Waals surface area contributed by atoms with Crippen LogP contribution in [0, 0.1) is 5.92 Å². The van der Waals surface area contributed by atoms with E-state index >= 15 is 0 Å². The maximum absolute atomic E-state index is 11.1. The Labute approximate surface area is 97.0 Å². The molecular formula is C4H13O10P3. The van der Waals surface area contributed by atoms with Gasteiger partial charge in [0, 0.05) is 0 Å². The fraction of sp³-hybridized carbons (Fsp3) is 1.00. The van der Waals surface area contributed by atoms with Crippen molar-refractivity contribution < 1.29 is 46.4 Å². The van der Waals surface area contributed by atoms with Crippen molar-refractivity contribution in [2.24, 2.45) is 5.92 Å². The molecule has 0 aromatic carbocycles. The van der Waals surface area contributed by atoms with Gasteiger partial charge >= 0.3 is 23.5 Å². The van der Waals surface area contributed by atoms with E-state index in [1.165, 1.54) is 0 Å². The molecule has 0 aromatic heterocycles. The van der Waals surface area contributed by atoms with Crippen molar-refractivity contribution in [2.45, 2.75) is 13.8 Å². The number of hydrogen-bond donors (Lipinski definition) is 4. The molecule has 0 radical (unpaired) electrons. The quantitative estimate of drug-likeness (QED) is 0.499. The first-order valence-corrected chi connectivity index (χ1v) is 8.63. The van der Waals surface area contributed by atoms with Crippen molar-refractivity contribution in [3.05, 3.63) is 0 Å². The van der Waals surface area contributed by atoms with Gasteiger partial charge in [0.2, 0.25) is 0 Å². The first kappa shape index (κ1) is 17.4. The molecule has 0 amide bonds. The van der Waals surface area contributed by atoms with Gasteiger partial charge < -0.3 is 19.6 Å². The molecule has 0 saturated carbocycles. The SMILES string of the molecule is CC(C)COP(=O)(O)OP(=O)(O)OP(=O)(O)O. The van der Waals surface area contributed by atoms with Gasteiger partial charge in [0.15, 0.2) is 0 Å². The van der Waals surface area contributed by atoms with Gasteiger partial charge in [-0.15, -0.1) is 0 Å². The molecule has 0 heterocycles. The van der Waals surface area contributed by atoms with Gasteiger partial charge in [0.05, 0.1) is 6.61 Å². The van der Waals surface area contributed by atoms with Gasteiger partial charge in [0.1, 0.15) is 0 Å². The number of rotatable bonds is 7. The zero-order chi connectivity index (χ0) is 13.9. The highest BCUT2D eigenvalue weighted by atomic mass is 31.3. The van der Waals surface area contributed by atoms with Gasteiger partial charge in [-0.25, -0.2) is 13.7 Å². The summed E-state index contributed by atoms with van der Waals surface area (Å²) in [5.41, 5.74) is 0. The van der Waals surface area contributed by atoms with Crippen molar-refractivity contribution in [1.29, 1.82) is 0 Å². The second kappa shape index (κ2) is 6.04. The second-order valence-corrected chi connectivity index (χ2v) is 7.70. The zero-order valence-corrected chi connectivity index (χ0v) is 11.5. The van der Waals surface area contributed by atoms with Crippen molar-refractivity contribution in [2.75, 3.05) is 6.61 Å². The van der Waals surface area contributed by atoms with E-state index in [1.807, 2.05) is 0 Å². The molecule has 0 aliphatic rings. The van der Waals surface area contributed by atoms with Gasteiger partial charge in [-0.3, -0.25) is 4.52 Å². The normalized spacial score (nSPS) is 19.9. The average molecular weight is 314 g/mol. The van der Waals surface area contributed by atoms with Gasteiger partial charge in [-0.05, 0) is 5.92 Å². The summed E-state index contributed by atoms with van der Waals surface area (Å²) in [6.07, 6.45) is 0. The summed E-state index contributed by atoms with van der Waals surface area (Å²) in [4.78, 5) is 34.2. The standard InChI is InChI=1S/C4H13O10P3/c1-4(2)3-12-16(8,9)14-17(10,11)13-15(5,6)7/h4H,3H2,1-2H3,(H,8,9)(H,10,11)(H2,5,6,7). The molecule has 104 valence electrons. The van der Waals surface area contributed by atoms with Crippen molar-refractivity contribution >= 4 is 23.5 Å². The summed E-state index contributed by atoms with van der Waals surface area (Å²) in [5, 5.41) is 0. The van der Waals surface area contributed by atoms with Crippen LogP contribution in [0.2, 0.25) is 0 Å². The third-order valence-corrected chi connectivity index (χ3v) is 4.79. The summed E-state index contributed by atoms with van der Waals surface area (Å²) in [6, 6.07) is 0. The minimum absolute atomic E-state index is 0.167. The molecule has 0 spiro atoms. The molecule has 0 bridgehead atoms. The molecule has 17 heavy (non-hydrogen) atoms. The van der Waals surface area contributed by atoms with Crippen LogP contribution in [-0.4, -0.2) is 26.2 Å². The molecule has 4 N–H and O–H groups in total. The predicted molar refractivity (Wildman–Crippen MR) is 54.7 cm³/mol. The molecule has 0 saturated heterocycles. The van der Waals surface area contributed by atoms with Crippen LogP contribution in [0.1, 0.15) is 13.8 Å². The lowest BCUT2D eigenvalue weighted by atomic mass is 10.2. The Morgan fingerprint density at radius 1 is 0.941 bits per heavy atom. The van der Waals surface area contributed by atoms with E-state index in [0.717, 1.165) is 0 Å². The molecule has 0 aromatic rings. The van der Waals surface area contributed by atoms with Crippen molar-refractivity contribution in [3.8, 4) is 0 Å². The molecule has 0 fully saturated rings. The van der Waals surface area contributed by atoms with E-state index in [4.69, 9.17) is 19.6 Å². The summed E-state index contributed by atoms with van der Waals surface area (Å²) in [5.74, 6) is -0.167. The van der Waals surface area contributed by atoms with E-state index in [2.05, 4.69) is 13.1 Å². The van der Waals surface area contributed by atoms with Crippen LogP contribution in [0.3, 0.4) is 0 Å². The fourth-order valence-corrected chi connectivity index (χ4v) is 3.73. The summed E-state index contributed by atoms with van der Waals surface area (Å²) in [7, 11) is -15.7. The Bertz CT molecular complexity index is 383. The average Bonchev–Trinajstić information content (AvgIpc) is 1.93. The molecule has 0 aliphatic carbocycles. The van der Waals surface area contributed by atoms with Crippen LogP contribution in [0.25, 0.3) is 0 Å². The Kier molecular flexibility index (Phi) is 6.18. The molecule has 10 nitrogen and oxygen atoms in total. The van der Waals surface area contributed by atoms with Crippen LogP contribution in [0.5, 0.6) is 0 Å². The van der Waals surface area contributed by atoms with E-state index < -0.39 is 23.5 Å². The van der Waals surface area contributed by atoms with Crippen LogP contribution < -0.4 is 0 Å². The minimum atomic E-state index is -5.40. The lowest BCUT2D eigenvalue weighted by Crippen LogP contribution is -2.02. The zero-order valence-electron chi connectivity index (χ0n) is 8.86. The maximum Gasteiger partial charge on any atom is 0.490 e. The van der Waals surface area contributed by atoms with E-state index in [0.29, 0.717) is 0 Å². The monoisotopic (exact) mass is 314 g/mol. The van der Waals surface area contributed by atoms with Crippen molar-refractivity contribution in [3.63, 3.8) is 0 Å². The Morgan fingerprint density at radius 3 is 1.76 bits per heavy atom. The summed E-state index contributed by atoms with van der Waals surface area (Å²) in [6.45, 7) is 3.00. The maximum atomic E-state index is 11.1. The number of phosphoric acid groups is 3. The number of hydrogen-bond acceptors (Lipinski definition) is 6. The third-order valence-electron chi connectivity index (χ3n) is 0.987. The Morgan fingerprint density at radius 2 is 1.41 bits per heavy atom. The summed E-state index contributed by atoms with van der Waals surface area (Å²) < 4.78 is 43.4. The molecular weight excluding hydrogens is 301 g/mol. The second-order valence-electron chi connectivity index (χ2n) is 3.28. The van der Waals surface area contributed by atoms with Gasteiger partial charge in [0.25, 0.3) is 0 Å².